The molecule has 1 heterocycles. The number of rotatable bonds is 8. The number of ether oxygens (including phenoxy) is 2. The average Bonchev–Trinajstić information content (AvgIpc) is 2.46. The third-order valence-corrected chi connectivity index (χ3v) is 3.83. The first kappa shape index (κ1) is 18.1. The quantitative estimate of drug-likeness (QED) is 0.523. The number of nitrogens with zero attached hydrogens (tertiary/aromatic N) is 1. The maximum absolute atomic E-state index is 12.3. The van der Waals surface area contributed by atoms with Crippen LogP contribution in [0, 0.1) is 5.41 Å². The minimum atomic E-state index is -1.10. The summed E-state index contributed by atoms with van der Waals surface area (Å²) in [6.07, 6.45) is 1.84. The van der Waals surface area contributed by atoms with Gasteiger partial charge in [0.25, 0.3) is 0 Å². The third kappa shape index (κ3) is 5.37. The molecule has 1 aliphatic rings. The maximum atomic E-state index is 12.3. The Hall–Kier alpha value is -0.980. The molecule has 21 heavy (non-hydrogen) atoms. The number of likely N-dealkylation sites (tertiary alicyclic amines) is 1. The van der Waals surface area contributed by atoms with Gasteiger partial charge < -0.3 is 14.6 Å². The third-order valence-electron chi connectivity index (χ3n) is 3.83. The predicted octanol–water partition coefficient (Wildman–Crippen LogP) is 0.618. The Kier molecular flexibility index (Phi) is 7.28. The number of piperidine rings is 1. The summed E-state index contributed by atoms with van der Waals surface area (Å²) >= 11 is 0. The second-order valence-corrected chi connectivity index (χ2v) is 5.84. The van der Waals surface area contributed by atoms with Crippen LogP contribution in [0.5, 0.6) is 0 Å². The molecule has 6 heteroatoms. The van der Waals surface area contributed by atoms with Gasteiger partial charge in [-0.25, -0.2) is 0 Å². The van der Waals surface area contributed by atoms with Crippen LogP contribution in [0.25, 0.3) is 0 Å². The molecule has 0 aliphatic carbocycles. The molecule has 1 aliphatic heterocycles. The van der Waals surface area contributed by atoms with Gasteiger partial charge in [0, 0.05) is 13.1 Å². The van der Waals surface area contributed by atoms with Gasteiger partial charge in [-0.15, -0.1) is 0 Å². The molecule has 0 aromatic carbocycles. The van der Waals surface area contributed by atoms with Crippen molar-refractivity contribution in [2.24, 2.45) is 5.41 Å². The van der Waals surface area contributed by atoms with Crippen LogP contribution >= 0.6 is 0 Å². The zero-order valence-electron chi connectivity index (χ0n) is 13.3. The summed E-state index contributed by atoms with van der Waals surface area (Å²) in [6, 6.07) is 0. The Morgan fingerprint density at radius 1 is 1.29 bits per heavy atom. The molecule has 1 saturated heterocycles. The molecule has 0 amide bonds. The Morgan fingerprint density at radius 3 is 2.43 bits per heavy atom. The highest BCUT2D eigenvalue weighted by molar-refractivity contribution is 6.03. The Labute approximate surface area is 126 Å². The van der Waals surface area contributed by atoms with Crippen LogP contribution in [0.15, 0.2) is 0 Å². The van der Waals surface area contributed by atoms with Crippen molar-refractivity contribution < 1.29 is 24.2 Å². The number of hydrogen-bond acceptors (Lipinski definition) is 6. The summed E-state index contributed by atoms with van der Waals surface area (Å²) in [7, 11) is 0. The van der Waals surface area contributed by atoms with Crippen LogP contribution in [0.2, 0.25) is 0 Å². The fourth-order valence-electron chi connectivity index (χ4n) is 2.28. The molecule has 0 radical (unpaired) electrons. The summed E-state index contributed by atoms with van der Waals surface area (Å²) in [6.45, 7) is 7.43. The minimum absolute atomic E-state index is 0.0342. The van der Waals surface area contributed by atoms with Crippen LogP contribution in [-0.2, 0) is 19.1 Å². The highest BCUT2D eigenvalue weighted by atomic mass is 16.5. The van der Waals surface area contributed by atoms with E-state index in [4.69, 9.17) is 14.6 Å². The van der Waals surface area contributed by atoms with E-state index in [2.05, 4.69) is 0 Å². The number of aliphatic hydroxyl groups is 1. The van der Waals surface area contributed by atoms with Crippen molar-refractivity contribution in [2.45, 2.75) is 39.7 Å². The zero-order chi connectivity index (χ0) is 15.9. The van der Waals surface area contributed by atoms with E-state index in [0.29, 0.717) is 6.61 Å². The molecule has 0 spiro atoms. The molecule has 0 aromatic rings. The first-order chi connectivity index (χ1) is 9.91. The summed E-state index contributed by atoms with van der Waals surface area (Å²) in [5.41, 5.74) is -1.10. The van der Waals surface area contributed by atoms with Crippen molar-refractivity contribution in [1.82, 2.24) is 4.90 Å². The minimum Gasteiger partial charge on any atom is -0.465 e. The number of carbonyl (C=O) groups excluding carboxylic acids is 2. The lowest BCUT2D eigenvalue weighted by Crippen LogP contribution is -2.45. The van der Waals surface area contributed by atoms with Crippen molar-refractivity contribution in [3.8, 4) is 0 Å². The predicted molar refractivity (Wildman–Crippen MR) is 77.9 cm³/mol. The lowest BCUT2D eigenvalue weighted by molar-refractivity contribution is -0.158. The van der Waals surface area contributed by atoms with Crippen molar-refractivity contribution in [2.75, 3.05) is 39.5 Å². The van der Waals surface area contributed by atoms with Gasteiger partial charge in [0.1, 0.15) is 5.41 Å². The molecule has 1 fully saturated rings. The summed E-state index contributed by atoms with van der Waals surface area (Å²) in [4.78, 5) is 26.2. The lowest BCUT2D eigenvalue weighted by Gasteiger charge is -2.33. The van der Waals surface area contributed by atoms with Crippen LogP contribution in [0.3, 0.4) is 0 Å². The van der Waals surface area contributed by atoms with Gasteiger partial charge in [0.05, 0.1) is 32.5 Å². The number of hydrogen-bond donors (Lipinski definition) is 1. The van der Waals surface area contributed by atoms with Crippen molar-refractivity contribution >= 4 is 11.8 Å². The smallest absolute Gasteiger partial charge is 0.319 e. The van der Waals surface area contributed by atoms with Gasteiger partial charge in [-0.1, -0.05) is 0 Å². The lowest BCUT2D eigenvalue weighted by atomic mass is 9.87. The van der Waals surface area contributed by atoms with Crippen LogP contribution in [0.1, 0.15) is 33.6 Å². The topological polar surface area (TPSA) is 76.1 Å². The van der Waals surface area contributed by atoms with E-state index in [0.717, 1.165) is 25.9 Å². The molecule has 0 aromatic heterocycles. The van der Waals surface area contributed by atoms with Gasteiger partial charge in [-0.2, -0.15) is 0 Å². The molecule has 1 N–H and O–H groups in total. The monoisotopic (exact) mass is 301 g/mol. The Morgan fingerprint density at radius 2 is 1.90 bits per heavy atom. The Balaban J connectivity index is 2.41. The number of carbonyl (C=O) groups is 2. The second kappa shape index (κ2) is 8.46. The maximum Gasteiger partial charge on any atom is 0.319 e. The molecular formula is C15H27NO5. The normalized spacial score (nSPS) is 17.7. The number of esters is 1. The molecular weight excluding hydrogens is 274 g/mol. The molecule has 1 rings (SSSR count). The highest BCUT2D eigenvalue weighted by Crippen LogP contribution is 2.21. The number of aliphatic hydroxyl groups excluding tert-OH is 1. The molecule has 0 bridgehead atoms. The van der Waals surface area contributed by atoms with Crippen LogP contribution in [0.4, 0.5) is 0 Å². The first-order valence-corrected chi connectivity index (χ1v) is 7.57. The van der Waals surface area contributed by atoms with Crippen molar-refractivity contribution in [1.29, 1.82) is 0 Å². The van der Waals surface area contributed by atoms with Crippen molar-refractivity contribution in [3.63, 3.8) is 0 Å². The SMILES string of the molecule is CCOC(=O)C(C)(C)C(=O)CN1CCC(OCCO)CC1. The fourth-order valence-corrected chi connectivity index (χ4v) is 2.28. The number of ketones is 1. The zero-order valence-corrected chi connectivity index (χ0v) is 13.3. The van der Waals surface area contributed by atoms with E-state index in [9.17, 15) is 9.59 Å². The standard InChI is InChI=1S/C15H27NO5/c1-4-20-14(19)15(2,3)13(18)11-16-7-5-12(6-8-16)21-10-9-17/h12,17H,4-11H2,1-3H3. The Bertz CT molecular complexity index is 348. The van der Waals surface area contributed by atoms with Gasteiger partial charge in [-0.05, 0) is 33.6 Å². The number of Topliss-reactive ketones (excluding diaryl/α,β-unsaturated/α-hetero) is 1. The molecule has 0 atom stereocenters. The van der Waals surface area contributed by atoms with E-state index in [1.165, 1.54) is 0 Å². The first-order valence-electron chi connectivity index (χ1n) is 7.57. The van der Waals surface area contributed by atoms with Gasteiger partial charge >= 0.3 is 5.97 Å². The fraction of sp³-hybridized carbons (Fsp3) is 0.867. The van der Waals surface area contributed by atoms with Gasteiger partial charge in [0.2, 0.25) is 0 Å². The second-order valence-electron chi connectivity index (χ2n) is 5.84. The highest BCUT2D eigenvalue weighted by Gasteiger charge is 2.38. The summed E-state index contributed by atoms with van der Waals surface area (Å²) in [5.74, 6) is -0.577. The van der Waals surface area contributed by atoms with Crippen LogP contribution < -0.4 is 0 Å². The molecule has 6 nitrogen and oxygen atoms in total. The van der Waals surface area contributed by atoms with E-state index < -0.39 is 11.4 Å². The average molecular weight is 301 g/mol. The van der Waals surface area contributed by atoms with E-state index >= 15 is 0 Å². The van der Waals surface area contributed by atoms with E-state index in [1.54, 1.807) is 20.8 Å². The van der Waals surface area contributed by atoms with E-state index in [1.807, 2.05) is 4.90 Å². The summed E-state index contributed by atoms with van der Waals surface area (Å²) < 4.78 is 10.4. The molecule has 122 valence electrons. The molecule has 0 unspecified atom stereocenters. The van der Waals surface area contributed by atoms with E-state index in [-0.39, 0.29) is 31.6 Å². The van der Waals surface area contributed by atoms with Crippen molar-refractivity contribution in [3.05, 3.63) is 0 Å². The largest absolute Gasteiger partial charge is 0.465 e. The molecule has 0 saturated carbocycles. The summed E-state index contributed by atoms with van der Waals surface area (Å²) in [5, 5.41) is 8.73. The van der Waals surface area contributed by atoms with Gasteiger partial charge in [0.15, 0.2) is 5.78 Å². The van der Waals surface area contributed by atoms with Gasteiger partial charge in [-0.3, -0.25) is 14.5 Å². The van der Waals surface area contributed by atoms with Crippen LogP contribution in [-0.4, -0.2) is 67.3 Å².